The molecule has 0 radical (unpaired) electrons. The molecule has 0 aliphatic carbocycles. The van der Waals surface area contributed by atoms with E-state index in [-0.39, 0.29) is 14.8 Å². The van der Waals surface area contributed by atoms with Crippen LogP contribution in [0.1, 0.15) is 5.56 Å². The normalized spacial score (nSPS) is 11.8. The molecule has 0 fully saturated rings. The molecule has 0 saturated heterocycles. The van der Waals surface area contributed by atoms with Gasteiger partial charge in [-0.25, -0.2) is 16.8 Å². The highest BCUT2D eigenvalue weighted by atomic mass is 79.9. The van der Waals surface area contributed by atoms with Gasteiger partial charge in [0.2, 0.25) is 0 Å². The smallest absolute Gasteiger partial charge is 0.271 e. The summed E-state index contributed by atoms with van der Waals surface area (Å²) in [6.07, 6.45) is 0. The molecule has 0 unspecified atom stereocenters. The third-order valence-corrected chi connectivity index (χ3v) is 8.71. The van der Waals surface area contributed by atoms with E-state index in [9.17, 15) is 16.8 Å². The Morgan fingerprint density at radius 1 is 0.897 bits per heavy atom. The van der Waals surface area contributed by atoms with Crippen molar-refractivity contribution in [3.63, 3.8) is 0 Å². The molecule has 0 saturated carbocycles. The van der Waals surface area contributed by atoms with Gasteiger partial charge >= 0.3 is 0 Å². The first-order valence-electron chi connectivity index (χ1n) is 8.16. The van der Waals surface area contributed by atoms with Crippen molar-refractivity contribution in [2.75, 3.05) is 16.6 Å². The summed E-state index contributed by atoms with van der Waals surface area (Å²) < 4.78 is 61.1. The van der Waals surface area contributed by atoms with Gasteiger partial charge in [-0.15, -0.1) is 11.3 Å². The first kappa shape index (κ1) is 21.6. The minimum atomic E-state index is -3.88. The van der Waals surface area contributed by atoms with E-state index < -0.39 is 20.0 Å². The topological polar surface area (TPSA) is 102 Å². The van der Waals surface area contributed by atoms with Gasteiger partial charge in [-0.3, -0.25) is 9.44 Å². The molecular formula is C18H17BrN2O5S3. The van der Waals surface area contributed by atoms with E-state index >= 15 is 0 Å². The molecule has 0 amide bonds. The Morgan fingerprint density at radius 3 is 2.17 bits per heavy atom. The zero-order valence-corrected chi connectivity index (χ0v) is 19.4. The van der Waals surface area contributed by atoms with Gasteiger partial charge in [0, 0.05) is 5.69 Å². The second-order valence-electron chi connectivity index (χ2n) is 6.00. The number of aryl methyl sites for hydroxylation is 1. The van der Waals surface area contributed by atoms with Crippen molar-refractivity contribution in [1.29, 1.82) is 0 Å². The summed E-state index contributed by atoms with van der Waals surface area (Å²) in [6.45, 7) is 1.84. The Kier molecular flexibility index (Phi) is 6.22. The van der Waals surface area contributed by atoms with Gasteiger partial charge in [-0.1, -0.05) is 6.07 Å². The maximum atomic E-state index is 12.7. The van der Waals surface area contributed by atoms with E-state index in [1.807, 2.05) is 13.0 Å². The number of methoxy groups -OCH3 is 1. The Labute approximate surface area is 182 Å². The lowest BCUT2D eigenvalue weighted by molar-refractivity contribution is 0.417. The molecule has 2 N–H and O–H groups in total. The first-order valence-corrected chi connectivity index (χ1v) is 12.7. The molecule has 29 heavy (non-hydrogen) atoms. The highest BCUT2D eigenvalue weighted by molar-refractivity contribution is 9.11. The van der Waals surface area contributed by atoms with Gasteiger partial charge in [0.25, 0.3) is 20.0 Å². The second kappa shape index (κ2) is 8.34. The maximum absolute atomic E-state index is 12.7. The lowest BCUT2D eigenvalue weighted by Gasteiger charge is -2.13. The number of hydrogen-bond acceptors (Lipinski definition) is 6. The number of thiophene rings is 1. The van der Waals surface area contributed by atoms with Crippen molar-refractivity contribution in [2.45, 2.75) is 16.0 Å². The standard InChI is InChI=1S/C18H17BrN2O5S3/c1-12-3-8-16(26-2)15(11-12)21-28(22,23)14-6-4-13(5-7-14)20-29(24,25)18-10-9-17(19)27-18/h3-11,20-21H,1-2H3. The summed E-state index contributed by atoms with van der Waals surface area (Å²) in [5.74, 6) is 0.394. The Morgan fingerprint density at radius 2 is 1.59 bits per heavy atom. The Bertz CT molecular complexity index is 1240. The summed E-state index contributed by atoms with van der Waals surface area (Å²) in [5, 5.41) is 0. The summed E-state index contributed by atoms with van der Waals surface area (Å²) in [5.41, 5.74) is 1.44. The van der Waals surface area contributed by atoms with Gasteiger partial charge < -0.3 is 4.74 Å². The van der Waals surface area contributed by atoms with Gasteiger partial charge in [-0.2, -0.15) is 0 Å². The molecule has 0 aliphatic heterocycles. The van der Waals surface area contributed by atoms with Crippen molar-refractivity contribution in [3.05, 3.63) is 63.9 Å². The number of halogens is 1. The SMILES string of the molecule is COc1ccc(C)cc1NS(=O)(=O)c1ccc(NS(=O)(=O)c2ccc(Br)s2)cc1. The van der Waals surface area contributed by atoms with Crippen LogP contribution in [0.4, 0.5) is 11.4 Å². The van der Waals surface area contributed by atoms with Crippen molar-refractivity contribution in [2.24, 2.45) is 0 Å². The molecule has 1 heterocycles. The van der Waals surface area contributed by atoms with E-state index in [0.717, 1.165) is 16.9 Å². The maximum Gasteiger partial charge on any atom is 0.271 e. The summed E-state index contributed by atoms with van der Waals surface area (Å²) in [4.78, 5) is -0.0112. The zero-order valence-electron chi connectivity index (χ0n) is 15.3. The number of hydrogen-bond donors (Lipinski definition) is 2. The molecule has 0 spiro atoms. The minimum Gasteiger partial charge on any atom is -0.495 e. The fourth-order valence-corrected chi connectivity index (χ4v) is 6.58. The molecule has 0 aliphatic rings. The molecule has 3 aromatic rings. The summed E-state index contributed by atoms with van der Waals surface area (Å²) in [7, 11) is -6.18. The Hall–Kier alpha value is -2.08. The lowest BCUT2D eigenvalue weighted by atomic mass is 10.2. The van der Waals surface area contributed by atoms with Crippen LogP contribution in [0.25, 0.3) is 0 Å². The molecule has 3 rings (SSSR count). The third-order valence-electron chi connectivity index (χ3n) is 3.83. The quantitative estimate of drug-likeness (QED) is 0.483. The van der Waals surface area contributed by atoms with E-state index in [1.54, 1.807) is 18.2 Å². The van der Waals surface area contributed by atoms with Crippen LogP contribution in [-0.4, -0.2) is 23.9 Å². The molecule has 2 aromatic carbocycles. The monoisotopic (exact) mass is 516 g/mol. The van der Waals surface area contributed by atoms with E-state index in [1.165, 1.54) is 37.4 Å². The predicted molar refractivity (Wildman–Crippen MR) is 118 cm³/mol. The van der Waals surface area contributed by atoms with Crippen LogP contribution in [0.5, 0.6) is 5.75 Å². The van der Waals surface area contributed by atoms with Gasteiger partial charge in [0.1, 0.15) is 9.96 Å². The number of sulfonamides is 2. The molecule has 7 nitrogen and oxygen atoms in total. The number of ether oxygens (including phenoxy) is 1. The summed E-state index contributed by atoms with van der Waals surface area (Å²) in [6, 6.07) is 13.7. The third kappa shape index (κ3) is 5.10. The fraction of sp³-hybridized carbons (Fsp3) is 0.111. The number of nitrogens with one attached hydrogen (secondary N) is 2. The predicted octanol–water partition coefficient (Wildman–Crippen LogP) is 4.43. The minimum absolute atomic E-state index is 0.0112. The summed E-state index contributed by atoms with van der Waals surface area (Å²) >= 11 is 4.30. The fourth-order valence-electron chi connectivity index (χ4n) is 2.45. The molecule has 0 bridgehead atoms. The van der Waals surface area contributed by atoms with Crippen LogP contribution in [-0.2, 0) is 20.0 Å². The molecule has 0 atom stereocenters. The zero-order chi connectivity index (χ0) is 21.2. The van der Waals surface area contributed by atoms with Crippen LogP contribution in [0.3, 0.4) is 0 Å². The van der Waals surface area contributed by atoms with Crippen LogP contribution in [0, 0.1) is 6.92 Å². The average Bonchev–Trinajstić information content (AvgIpc) is 3.09. The van der Waals surface area contributed by atoms with Crippen LogP contribution in [0.2, 0.25) is 0 Å². The first-order chi connectivity index (χ1) is 13.6. The van der Waals surface area contributed by atoms with Crippen molar-refractivity contribution in [1.82, 2.24) is 0 Å². The molecule has 154 valence electrons. The van der Waals surface area contributed by atoms with Gasteiger partial charge in [0.15, 0.2) is 0 Å². The highest BCUT2D eigenvalue weighted by Gasteiger charge is 2.19. The number of benzene rings is 2. The molecule has 11 heteroatoms. The largest absolute Gasteiger partial charge is 0.495 e. The average molecular weight is 517 g/mol. The van der Waals surface area contributed by atoms with Crippen molar-refractivity contribution < 1.29 is 21.6 Å². The Balaban J connectivity index is 1.81. The highest BCUT2D eigenvalue weighted by Crippen LogP contribution is 2.29. The van der Waals surface area contributed by atoms with Crippen LogP contribution >= 0.6 is 27.3 Å². The van der Waals surface area contributed by atoms with Crippen LogP contribution < -0.4 is 14.2 Å². The van der Waals surface area contributed by atoms with E-state index in [0.29, 0.717) is 15.2 Å². The van der Waals surface area contributed by atoms with E-state index in [4.69, 9.17) is 4.74 Å². The lowest BCUT2D eigenvalue weighted by Crippen LogP contribution is -2.14. The van der Waals surface area contributed by atoms with E-state index in [2.05, 4.69) is 25.4 Å². The van der Waals surface area contributed by atoms with Crippen molar-refractivity contribution in [3.8, 4) is 5.75 Å². The number of rotatable bonds is 7. The van der Waals surface area contributed by atoms with Gasteiger partial charge in [0.05, 0.1) is 21.5 Å². The molecular weight excluding hydrogens is 500 g/mol. The van der Waals surface area contributed by atoms with Gasteiger partial charge in [-0.05, 0) is 76.9 Å². The van der Waals surface area contributed by atoms with Crippen molar-refractivity contribution >= 4 is 58.7 Å². The molecule has 1 aromatic heterocycles. The number of anilines is 2. The van der Waals surface area contributed by atoms with Crippen LogP contribution in [0.15, 0.2) is 67.5 Å². The second-order valence-corrected chi connectivity index (χ2v) is 12.1.